The first-order valence-electron chi connectivity index (χ1n) is 6.31. The summed E-state index contributed by atoms with van der Waals surface area (Å²) in [7, 11) is 0. The van der Waals surface area contributed by atoms with Crippen molar-refractivity contribution < 1.29 is 5.11 Å². The normalized spacial score (nSPS) is 26.9. The average molecular weight is 217 g/mol. The third-order valence-corrected chi connectivity index (χ3v) is 4.60. The zero-order valence-electron chi connectivity index (χ0n) is 9.58. The number of phenols is 1. The van der Waals surface area contributed by atoms with Crippen LogP contribution in [0.5, 0.6) is 5.75 Å². The van der Waals surface area contributed by atoms with E-state index in [1.807, 2.05) is 6.07 Å². The quantitative estimate of drug-likeness (QED) is 0.701. The third kappa shape index (κ3) is 1.23. The molecule has 0 aromatic heterocycles. The Hall–Kier alpha value is -1.02. The highest BCUT2D eigenvalue weighted by molar-refractivity contribution is 5.47. The van der Waals surface area contributed by atoms with Crippen LogP contribution in [-0.2, 0) is 11.8 Å². The van der Waals surface area contributed by atoms with Crippen LogP contribution in [0.25, 0.3) is 0 Å². The van der Waals surface area contributed by atoms with Crippen molar-refractivity contribution >= 4 is 0 Å². The smallest absolute Gasteiger partial charge is 0.119 e. The number of phenolic OH excluding ortho intramolecular Hbond substituents is 1. The van der Waals surface area contributed by atoms with E-state index in [2.05, 4.69) is 6.07 Å². The van der Waals surface area contributed by atoms with Gasteiger partial charge in [0.15, 0.2) is 0 Å². The largest absolute Gasteiger partial charge is 0.508 e. The van der Waals surface area contributed by atoms with Gasteiger partial charge in [0.2, 0.25) is 0 Å². The van der Waals surface area contributed by atoms with Crippen molar-refractivity contribution in [1.29, 1.82) is 0 Å². The fourth-order valence-electron chi connectivity index (χ4n) is 3.73. The second-order valence-corrected chi connectivity index (χ2v) is 5.31. The summed E-state index contributed by atoms with van der Waals surface area (Å²) in [5, 5.41) is 9.95. The zero-order valence-corrected chi connectivity index (χ0v) is 9.58. The maximum atomic E-state index is 9.95. The zero-order chi connectivity index (χ0) is 11.2. The van der Waals surface area contributed by atoms with Crippen molar-refractivity contribution in [2.75, 3.05) is 0 Å². The summed E-state index contributed by atoms with van der Waals surface area (Å²) in [4.78, 5) is 0. The molecule has 2 aliphatic carbocycles. The molecule has 1 spiro atoms. The first-order chi connectivity index (χ1) is 7.74. The van der Waals surface area contributed by atoms with E-state index in [9.17, 15) is 5.11 Å². The molecule has 0 bridgehead atoms. The summed E-state index contributed by atoms with van der Waals surface area (Å²) >= 11 is 0. The summed E-state index contributed by atoms with van der Waals surface area (Å²) in [6.45, 7) is 0. The lowest BCUT2D eigenvalue weighted by Crippen LogP contribution is -2.47. The van der Waals surface area contributed by atoms with Gasteiger partial charge in [0.25, 0.3) is 0 Å². The van der Waals surface area contributed by atoms with E-state index in [0.717, 1.165) is 18.4 Å². The molecular weight excluding hydrogens is 198 g/mol. The fourth-order valence-corrected chi connectivity index (χ4v) is 3.73. The molecule has 0 saturated heterocycles. The van der Waals surface area contributed by atoms with E-state index in [0.29, 0.717) is 5.75 Å². The molecule has 1 aromatic rings. The van der Waals surface area contributed by atoms with E-state index in [1.165, 1.54) is 31.2 Å². The molecule has 0 aliphatic heterocycles. The minimum absolute atomic E-state index is 0.173. The van der Waals surface area contributed by atoms with E-state index in [4.69, 9.17) is 5.73 Å². The van der Waals surface area contributed by atoms with Gasteiger partial charge in [-0.15, -0.1) is 0 Å². The van der Waals surface area contributed by atoms with Crippen LogP contribution in [0.4, 0.5) is 0 Å². The molecule has 3 rings (SSSR count). The maximum Gasteiger partial charge on any atom is 0.119 e. The SMILES string of the molecule is NC1CCc2c(O)cccc2C12CCCC2. The monoisotopic (exact) mass is 217 g/mol. The van der Waals surface area contributed by atoms with E-state index in [1.54, 1.807) is 6.07 Å². The van der Waals surface area contributed by atoms with Crippen molar-refractivity contribution in [2.45, 2.75) is 50.0 Å². The molecule has 16 heavy (non-hydrogen) atoms. The Balaban J connectivity index is 2.17. The summed E-state index contributed by atoms with van der Waals surface area (Å²) in [5.74, 6) is 0.468. The van der Waals surface area contributed by atoms with E-state index >= 15 is 0 Å². The Bertz CT molecular complexity index is 407. The number of nitrogens with two attached hydrogens (primary N) is 1. The summed E-state index contributed by atoms with van der Waals surface area (Å²) in [5.41, 5.74) is 9.03. The Morgan fingerprint density at radius 3 is 2.75 bits per heavy atom. The van der Waals surface area contributed by atoms with Gasteiger partial charge in [-0.3, -0.25) is 0 Å². The second kappa shape index (κ2) is 3.49. The van der Waals surface area contributed by atoms with Crippen LogP contribution in [0.3, 0.4) is 0 Å². The number of fused-ring (bicyclic) bond motifs is 2. The predicted octanol–water partition coefficient (Wildman–Crippen LogP) is 2.48. The van der Waals surface area contributed by atoms with Crippen LogP contribution >= 0.6 is 0 Å². The van der Waals surface area contributed by atoms with Gasteiger partial charge in [-0.2, -0.15) is 0 Å². The van der Waals surface area contributed by atoms with Crippen LogP contribution in [0, 0.1) is 0 Å². The number of hydrogen-bond donors (Lipinski definition) is 2. The lowest BCUT2D eigenvalue weighted by Gasteiger charge is -2.41. The minimum Gasteiger partial charge on any atom is -0.508 e. The molecule has 0 heterocycles. The van der Waals surface area contributed by atoms with Crippen LogP contribution in [-0.4, -0.2) is 11.1 Å². The van der Waals surface area contributed by atoms with Gasteiger partial charge in [0.1, 0.15) is 5.75 Å². The molecule has 2 aliphatic rings. The van der Waals surface area contributed by atoms with Gasteiger partial charge in [-0.25, -0.2) is 0 Å². The van der Waals surface area contributed by atoms with Crippen LogP contribution in [0.2, 0.25) is 0 Å². The van der Waals surface area contributed by atoms with E-state index < -0.39 is 0 Å². The Morgan fingerprint density at radius 1 is 1.25 bits per heavy atom. The van der Waals surface area contributed by atoms with E-state index in [-0.39, 0.29) is 11.5 Å². The van der Waals surface area contributed by atoms with Crippen molar-refractivity contribution in [2.24, 2.45) is 5.73 Å². The van der Waals surface area contributed by atoms with Gasteiger partial charge >= 0.3 is 0 Å². The van der Waals surface area contributed by atoms with Crippen LogP contribution in [0.1, 0.15) is 43.2 Å². The number of benzene rings is 1. The fraction of sp³-hybridized carbons (Fsp3) is 0.571. The Labute approximate surface area is 96.5 Å². The highest BCUT2D eigenvalue weighted by atomic mass is 16.3. The lowest BCUT2D eigenvalue weighted by atomic mass is 9.66. The van der Waals surface area contributed by atoms with Crippen molar-refractivity contribution in [3.05, 3.63) is 29.3 Å². The number of aromatic hydroxyl groups is 1. The second-order valence-electron chi connectivity index (χ2n) is 5.31. The van der Waals surface area contributed by atoms with Crippen LogP contribution < -0.4 is 5.73 Å². The first kappa shape index (κ1) is 10.2. The molecule has 1 unspecified atom stereocenters. The molecule has 3 N–H and O–H groups in total. The van der Waals surface area contributed by atoms with Gasteiger partial charge in [0.05, 0.1) is 0 Å². The van der Waals surface area contributed by atoms with Gasteiger partial charge < -0.3 is 10.8 Å². The highest BCUT2D eigenvalue weighted by Crippen LogP contribution is 2.49. The van der Waals surface area contributed by atoms with Crippen LogP contribution in [0.15, 0.2) is 18.2 Å². The molecule has 1 saturated carbocycles. The topological polar surface area (TPSA) is 46.2 Å². The highest BCUT2D eigenvalue weighted by Gasteiger charge is 2.44. The van der Waals surface area contributed by atoms with Gasteiger partial charge in [-0.1, -0.05) is 25.0 Å². The number of hydrogen-bond acceptors (Lipinski definition) is 2. The average Bonchev–Trinajstić information content (AvgIpc) is 2.75. The molecule has 2 nitrogen and oxygen atoms in total. The minimum atomic E-state index is 0.173. The maximum absolute atomic E-state index is 9.95. The van der Waals surface area contributed by atoms with Gasteiger partial charge in [-0.05, 0) is 42.9 Å². The van der Waals surface area contributed by atoms with Crippen molar-refractivity contribution in [1.82, 2.24) is 0 Å². The van der Waals surface area contributed by atoms with Crippen molar-refractivity contribution in [3.63, 3.8) is 0 Å². The molecule has 0 amide bonds. The number of rotatable bonds is 0. The van der Waals surface area contributed by atoms with Gasteiger partial charge in [0, 0.05) is 11.5 Å². The third-order valence-electron chi connectivity index (χ3n) is 4.60. The Kier molecular flexibility index (Phi) is 2.21. The van der Waals surface area contributed by atoms with Crippen molar-refractivity contribution in [3.8, 4) is 5.75 Å². The standard InChI is InChI=1S/C14H19NO/c15-13-7-6-10-11(4-3-5-12(10)16)14(13)8-1-2-9-14/h3-5,13,16H,1-2,6-9,15H2. The first-order valence-corrected chi connectivity index (χ1v) is 6.31. The Morgan fingerprint density at radius 2 is 2.00 bits per heavy atom. The summed E-state index contributed by atoms with van der Waals surface area (Å²) in [6.07, 6.45) is 6.91. The molecular formula is C14H19NO. The predicted molar refractivity (Wildman–Crippen MR) is 64.5 cm³/mol. The molecule has 0 radical (unpaired) electrons. The molecule has 1 atom stereocenters. The molecule has 86 valence electrons. The molecule has 1 fully saturated rings. The summed E-state index contributed by atoms with van der Waals surface area (Å²) in [6, 6.07) is 6.23. The lowest BCUT2D eigenvalue weighted by molar-refractivity contribution is 0.308. The molecule has 2 heteroatoms. The summed E-state index contributed by atoms with van der Waals surface area (Å²) < 4.78 is 0. The molecule has 1 aromatic carbocycles.